The van der Waals surface area contributed by atoms with E-state index in [1.807, 2.05) is 54.3 Å². The summed E-state index contributed by atoms with van der Waals surface area (Å²) in [5, 5.41) is 5.94. The first-order valence-corrected chi connectivity index (χ1v) is 11.1. The third-order valence-corrected chi connectivity index (χ3v) is 5.85. The summed E-state index contributed by atoms with van der Waals surface area (Å²) in [6.45, 7) is 5.10. The van der Waals surface area contributed by atoms with Crippen LogP contribution in [0.5, 0.6) is 11.5 Å². The fraction of sp³-hybridized carbons (Fsp3) is 0.417. The molecular formula is C24H30N4O4. The highest BCUT2D eigenvalue weighted by atomic mass is 16.5. The van der Waals surface area contributed by atoms with Crippen LogP contribution in [0.4, 0.5) is 10.5 Å². The van der Waals surface area contributed by atoms with Crippen molar-refractivity contribution in [1.29, 1.82) is 0 Å². The molecular weight excluding hydrogens is 408 g/mol. The number of urea groups is 1. The number of benzene rings is 2. The van der Waals surface area contributed by atoms with Crippen LogP contribution in [0.2, 0.25) is 0 Å². The quantitative estimate of drug-likeness (QED) is 0.767. The number of fused-ring (bicyclic) bond motifs is 2. The van der Waals surface area contributed by atoms with Crippen molar-refractivity contribution in [2.45, 2.75) is 19.4 Å². The molecule has 0 aliphatic carbocycles. The van der Waals surface area contributed by atoms with Crippen molar-refractivity contribution in [2.24, 2.45) is 0 Å². The van der Waals surface area contributed by atoms with E-state index in [0.29, 0.717) is 44.2 Å². The van der Waals surface area contributed by atoms with Crippen LogP contribution in [0, 0.1) is 0 Å². The number of carbonyl (C=O) groups is 2. The number of rotatable bonds is 4. The summed E-state index contributed by atoms with van der Waals surface area (Å²) in [6.07, 6.45) is 0.896. The molecule has 0 spiro atoms. The Labute approximate surface area is 188 Å². The number of nitrogens with zero attached hydrogens (tertiary/aromatic N) is 2. The monoisotopic (exact) mass is 438 g/mol. The summed E-state index contributed by atoms with van der Waals surface area (Å²) in [7, 11) is 1.64. The number of nitrogens with one attached hydrogen (secondary N) is 2. The Morgan fingerprint density at radius 1 is 1.22 bits per heavy atom. The van der Waals surface area contributed by atoms with Crippen LogP contribution in [-0.2, 0) is 4.79 Å². The van der Waals surface area contributed by atoms with E-state index >= 15 is 0 Å². The molecule has 0 unspecified atom stereocenters. The zero-order chi connectivity index (χ0) is 22.5. The summed E-state index contributed by atoms with van der Waals surface area (Å²) in [5.74, 6) is 1.31. The van der Waals surface area contributed by atoms with E-state index in [1.54, 1.807) is 7.11 Å². The Kier molecular flexibility index (Phi) is 6.80. The molecule has 2 N–H and O–H groups in total. The van der Waals surface area contributed by atoms with Gasteiger partial charge in [0.2, 0.25) is 5.91 Å². The minimum Gasteiger partial charge on any atom is -0.497 e. The van der Waals surface area contributed by atoms with Crippen LogP contribution in [0.25, 0.3) is 11.1 Å². The lowest BCUT2D eigenvalue weighted by Gasteiger charge is -2.40. The standard InChI is InChI=1S/C24H30N4O4/c1-3-9-25-24(30)28-11-10-27-15-23(29)26-21-13-18(17-5-4-6-20(12-17)31-2)7-8-22(21)32-16-19(27)14-28/h4-8,12-13,19H,3,9-11,14-16H2,1-2H3,(H,25,30)(H,26,29)/t19-/m1/s1. The van der Waals surface area contributed by atoms with Crippen molar-refractivity contribution < 1.29 is 19.1 Å². The molecule has 32 heavy (non-hydrogen) atoms. The van der Waals surface area contributed by atoms with Gasteiger partial charge in [0, 0.05) is 26.2 Å². The maximum atomic E-state index is 12.8. The predicted octanol–water partition coefficient (Wildman–Crippen LogP) is 2.80. The largest absolute Gasteiger partial charge is 0.497 e. The van der Waals surface area contributed by atoms with Crippen molar-refractivity contribution in [1.82, 2.24) is 15.1 Å². The second-order valence-corrected chi connectivity index (χ2v) is 8.10. The lowest BCUT2D eigenvalue weighted by atomic mass is 10.0. The molecule has 1 fully saturated rings. The van der Waals surface area contributed by atoms with E-state index in [4.69, 9.17) is 9.47 Å². The molecule has 3 amide bonds. The van der Waals surface area contributed by atoms with E-state index in [-0.39, 0.29) is 24.5 Å². The average Bonchev–Trinajstić information content (AvgIpc) is 2.88. The highest BCUT2D eigenvalue weighted by Crippen LogP contribution is 2.33. The first kappa shape index (κ1) is 22.0. The summed E-state index contributed by atoms with van der Waals surface area (Å²) in [6, 6.07) is 13.5. The number of carbonyl (C=O) groups excluding carboxylic acids is 2. The molecule has 0 aromatic heterocycles. The van der Waals surface area contributed by atoms with Crippen LogP contribution >= 0.6 is 0 Å². The average molecular weight is 439 g/mol. The SMILES string of the molecule is CCCNC(=O)N1CCN2CC(=O)Nc3cc(-c4cccc(OC)c4)ccc3OC[C@H]2C1. The van der Waals surface area contributed by atoms with E-state index in [1.165, 1.54) is 0 Å². The van der Waals surface area contributed by atoms with Gasteiger partial charge in [0.05, 0.1) is 25.4 Å². The van der Waals surface area contributed by atoms with Crippen molar-refractivity contribution in [3.8, 4) is 22.6 Å². The molecule has 8 nitrogen and oxygen atoms in total. The van der Waals surface area contributed by atoms with Gasteiger partial charge in [0.25, 0.3) is 0 Å². The van der Waals surface area contributed by atoms with Gasteiger partial charge in [-0.3, -0.25) is 9.69 Å². The van der Waals surface area contributed by atoms with Crippen LogP contribution in [-0.4, -0.2) is 74.2 Å². The van der Waals surface area contributed by atoms with E-state index in [0.717, 1.165) is 23.3 Å². The summed E-state index contributed by atoms with van der Waals surface area (Å²) in [5.41, 5.74) is 2.60. The molecule has 2 aromatic rings. The highest BCUT2D eigenvalue weighted by Gasteiger charge is 2.32. The van der Waals surface area contributed by atoms with Crippen LogP contribution in [0.1, 0.15) is 13.3 Å². The fourth-order valence-corrected chi connectivity index (χ4v) is 4.08. The Morgan fingerprint density at radius 3 is 2.88 bits per heavy atom. The minimum atomic E-state index is -0.0894. The second kappa shape index (κ2) is 9.91. The molecule has 4 rings (SSSR count). The molecule has 2 aliphatic heterocycles. The van der Waals surface area contributed by atoms with Gasteiger partial charge in [0.15, 0.2) is 0 Å². The van der Waals surface area contributed by atoms with Crippen molar-refractivity contribution in [2.75, 3.05) is 51.8 Å². The van der Waals surface area contributed by atoms with E-state index < -0.39 is 0 Å². The Balaban J connectivity index is 1.53. The Morgan fingerprint density at radius 2 is 2.06 bits per heavy atom. The van der Waals surface area contributed by atoms with Gasteiger partial charge < -0.3 is 25.0 Å². The molecule has 0 bridgehead atoms. The van der Waals surface area contributed by atoms with Gasteiger partial charge in [-0.2, -0.15) is 0 Å². The minimum absolute atomic E-state index is 0.0501. The summed E-state index contributed by atoms with van der Waals surface area (Å²) in [4.78, 5) is 29.1. The van der Waals surface area contributed by atoms with Gasteiger partial charge in [-0.05, 0) is 41.8 Å². The normalized spacial score (nSPS) is 18.8. The van der Waals surface area contributed by atoms with Gasteiger partial charge in [-0.25, -0.2) is 4.79 Å². The highest BCUT2D eigenvalue weighted by molar-refractivity contribution is 5.94. The van der Waals surface area contributed by atoms with Gasteiger partial charge >= 0.3 is 6.03 Å². The third kappa shape index (κ3) is 4.96. The second-order valence-electron chi connectivity index (χ2n) is 8.10. The molecule has 1 atom stereocenters. The zero-order valence-corrected chi connectivity index (χ0v) is 18.6. The van der Waals surface area contributed by atoms with Gasteiger partial charge in [-0.1, -0.05) is 25.1 Å². The zero-order valence-electron chi connectivity index (χ0n) is 18.6. The first-order chi connectivity index (χ1) is 15.6. The first-order valence-electron chi connectivity index (χ1n) is 11.1. The molecule has 8 heteroatoms. The van der Waals surface area contributed by atoms with Crippen molar-refractivity contribution >= 4 is 17.6 Å². The topological polar surface area (TPSA) is 83.1 Å². The van der Waals surface area contributed by atoms with Gasteiger partial charge in [0.1, 0.15) is 18.1 Å². The maximum absolute atomic E-state index is 12.8. The summed E-state index contributed by atoms with van der Waals surface area (Å²) < 4.78 is 11.5. The number of anilines is 1. The lowest BCUT2D eigenvalue weighted by Crippen LogP contribution is -2.59. The predicted molar refractivity (Wildman–Crippen MR) is 123 cm³/mol. The van der Waals surface area contributed by atoms with E-state index in [2.05, 4.69) is 15.5 Å². The third-order valence-electron chi connectivity index (χ3n) is 5.85. The Bertz CT molecular complexity index is 980. The number of hydrogen-bond acceptors (Lipinski definition) is 5. The smallest absolute Gasteiger partial charge is 0.317 e. The number of hydrogen-bond donors (Lipinski definition) is 2. The number of piperazine rings is 1. The maximum Gasteiger partial charge on any atom is 0.317 e. The molecule has 1 saturated heterocycles. The fourth-order valence-electron chi connectivity index (χ4n) is 4.08. The molecule has 0 radical (unpaired) electrons. The molecule has 2 aromatic carbocycles. The number of methoxy groups -OCH3 is 1. The Hall–Kier alpha value is -3.26. The van der Waals surface area contributed by atoms with Crippen LogP contribution in [0.3, 0.4) is 0 Å². The van der Waals surface area contributed by atoms with Crippen LogP contribution in [0.15, 0.2) is 42.5 Å². The van der Waals surface area contributed by atoms with E-state index in [9.17, 15) is 9.59 Å². The lowest BCUT2D eigenvalue weighted by molar-refractivity contribution is -0.118. The van der Waals surface area contributed by atoms with Gasteiger partial charge in [-0.15, -0.1) is 0 Å². The number of ether oxygens (including phenoxy) is 2. The molecule has 2 aliphatic rings. The molecule has 0 saturated carbocycles. The summed E-state index contributed by atoms with van der Waals surface area (Å²) >= 11 is 0. The van der Waals surface area contributed by atoms with Crippen molar-refractivity contribution in [3.63, 3.8) is 0 Å². The van der Waals surface area contributed by atoms with Crippen molar-refractivity contribution in [3.05, 3.63) is 42.5 Å². The molecule has 2 heterocycles. The van der Waals surface area contributed by atoms with Crippen LogP contribution < -0.4 is 20.1 Å². The molecule has 170 valence electrons. The number of amides is 3.